The monoisotopic (exact) mass is 467 g/mol. The topological polar surface area (TPSA) is 91.4 Å². The molecule has 1 atom stereocenters. The van der Waals surface area contributed by atoms with E-state index in [9.17, 15) is 9.59 Å². The first-order valence-corrected chi connectivity index (χ1v) is 11.5. The Morgan fingerprint density at radius 1 is 1.06 bits per heavy atom. The van der Waals surface area contributed by atoms with Gasteiger partial charge < -0.3 is 14.5 Å². The number of piperidine rings is 1. The summed E-state index contributed by atoms with van der Waals surface area (Å²) in [4.78, 5) is 29.2. The average molecular weight is 468 g/mol. The molecule has 172 valence electrons. The molecule has 2 aromatic carbocycles. The number of nitrogens with zero attached hydrogens (tertiary/aromatic N) is 4. The summed E-state index contributed by atoms with van der Waals surface area (Å²) in [6, 6.07) is 11.1. The number of ether oxygens (including phenoxy) is 1. The lowest BCUT2D eigenvalue weighted by Crippen LogP contribution is -2.62. The van der Waals surface area contributed by atoms with E-state index in [2.05, 4.69) is 15.4 Å². The number of halogens is 1. The second-order valence-corrected chi connectivity index (χ2v) is 9.70. The van der Waals surface area contributed by atoms with E-state index >= 15 is 0 Å². The SMILES string of the molecule is Cc1cc(Cl)cc(C(C)OC(=O)N2CCC3(CC2)CN(C(=O)c2ccc4n[nH]nc4c2)C3)c1. The van der Waals surface area contributed by atoms with E-state index in [1.807, 2.05) is 36.9 Å². The molecule has 2 aliphatic heterocycles. The molecule has 0 bridgehead atoms. The Hall–Kier alpha value is -3.13. The van der Waals surface area contributed by atoms with Crippen molar-refractivity contribution in [3.05, 3.63) is 58.1 Å². The summed E-state index contributed by atoms with van der Waals surface area (Å²) in [7, 11) is 0. The van der Waals surface area contributed by atoms with Crippen LogP contribution in [0.2, 0.25) is 5.02 Å². The van der Waals surface area contributed by atoms with Crippen LogP contribution in [0.1, 0.15) is 47.4 Å². The fourth-order valence-electron chi connectivity index (χ4n) is 4.84. The van der Waals surface area contributed by atoms with Crippen LogP contribution >= 0.6 is 11.6 Å². The van der Waals surface area contributed by atoms with E-state index in [4.69, 9.17) is 16.3 Å². The number of aromatic nitrogens is 3. The molecule has 0 saturated carbocycles. The number of nitrogens with one attached hydrogen (secondary N) is 1. The molecule has 1 spiro atoms. The highest BCUT2D eigenvalue weighted by Gasteiger charge is 2.47. The van der Waals surface area contributed by atoms with E-state index in [0.29, 0.717) is 42.3 Å². The molecular weight excluding hydrogens is 442 g/mol. The summed E-state index contributed by atoms with van der Waals surface area (Å²) in [5, 5.41) is 11.3. The zero-order chi connectivity index (χ0) is 23.2. The molecule has 3 aromatic rings. The van der Waals surface area contributed by atoms with Crippen molar-refractivity contribution in [3.8, 4) is 0 Å². The Kier molecular flexibility index (Phi) is 5.48. The van der Waals surface area contributed by atoms with Crippen LogP contribution < -0.4 is 0 Å². The first kappa shape index (κ1) is 21.7. The fourth-order valence-corrected chi connectivity index (χ4v) is 5.13. The van der Waals surface area contributed by atoms with E-state index in [1.165, 1.54) is 0 Å². The number of hydrogen-bond acceptors (Lipinski definition) is 5. The van der Waals surface area contributed by atoms with Crippen LogP contribution in [0.4, 0.5) is 4.79 Å². The number of rotatable bonds is 3. The minimum absolute atomic E-state index is 0.0120. The quantitative estimate of drug-likeness (QED) is 0.618. The molecule has 9 heteroatoms. The number of amides is 2. The second-order valence-electron chi connectivity index (χ2n) is 9.26. The molecule has 5 rings (SSSR count). The maximum Gasteiger partial charge on any atom is 0.410 e. The third-order valence-corrected chi connectivity index (χ3v) is 7.02. The molecular formula is C24H26ClN5O3. The molecule has 0 aliphatic carbocycles. The van der Waals surface area contributed by atoms with Crippen LogP contribution in [0.3, 0.4) is 0 Å². The lowest BCUT2D eigenvalue weighted by atomic mass is 9.72. The van der Waals surface area contributed by atoms with Crippen molar-refractivity contribution in [3.63, 3.8) is 0 Å². The summed E-state index contributed by atoms with van der Waals surface area (Å²) < 4.78 is 5.70. The number of aromatic amines is 1. The summed E-state index contributed by atoms with van der Waals surface area (Å²) in [6.45, 7) is 6.52. The third kappa shape index (κ3) is 4.27. The van der Waals surface area contributed by atoms with Gasteiger partial charge in [-0.25, -0.2) is 4.79 Å². The Morgan fingerprint density at radius 2 is 1.79 bits per heavy atom. The zero-order valence-electron chi connectivity index (χ0n) is 18.7. The van der Waals surface area contributed by atoms with Crippen molar-refractivity contribution < 1.29 is 14.3 Å². The normalized spacial score (nSPS) is 18.3. The highest BCUT2D eigenvalue weighted by atomic mass is 35.5. The molecule has 2 amide bonds. The summed E-state index contributed by atoms with van der Waals surface area (Å²) in [5.41, 5.74) is 4.05. The van der Waals surface area contributed by atoms with E-state index in [-0.39, 0.29) is 23.5 Å². The van der Waals surface area contributed by atoms with Crippen LogP contribution in [0.5, 0.6) is 0 Å². The van der Waals surface area contributed by atoms with Crippen molar-refractivity contribution in [2.24, 2.45) is 5.41 Å². The van der Waals surface area contributed by atoms with Gasteiger partial charge in [-0.05, 0) is 68.1 Å². The molecule has 3 heterocycles. The second kappa shape index (κ2) is 8.33. The van der Waals surface area contributed by atoms with Gasteiger partial charge in [0.15, 0.2) is 0 Å². The summed E-state index contributed by atoms with van der Waals surface area (Å²) in [5.74, 6) is 0.0120. The van der Waals surface area contributed by atoms with Gasteiger partial charge in [0.2, 0.25) is 0 Å². The molecule has 2 fully saturated rings. The largest absolute Gasteiger partial charge is 0.442 e. The molecule has 2 aliphatic rings. The summed E-state index contributed by atoms with van der Waals surface area (Å²) >= 11 is 6.14. The number of likely N-dealkylation sites (tertiary alicyclic amines) is 2. The van der Waals surface area contributed by atoms with E-state index in [1.54, 1.807) is 23.1 Å². The van der Waals surface area contributed by atoms with Crippen LogP contribution in [0, 0.1) is 12.3 Å². The zero-order valence-corrected chi connectivity index (χ0v) is 19.4. The standard InChI is InChI=1S/C24H26ClN5O3/c1-15-9-18(11-19(25)10-15)16(2)33-23(32)29-7-5-24(6-8-29)13-30(14-24)22(31)17-3-4-20-21(12-17)27-28-26-20/h3-4,9-12,16H,5-8,13-14H2,1-2H3,(H,26,27,28). The number of H-pyrrole nitrogens is 1. The van der Waals surface area contributed by atoms with E-state index in [0.717, 1.165) is 29.5 Å². The van der Waals surface area contributed by atoms with Crippen LogP contribution in [0.15, 0.2) is 36.4 Å². The maximum absolute atomic E-state index is 12.9. The summed E-state index contributed by atoms with van der Waals surface area (Å²) in [6.07, 6.45) is 1.05. The minimum atomic E-state index is -0.371. The van der Waals surface area contributed by atoms with Crippen molar-refractivity contribution in [2.75, 3.05) is 26.2 Å². The maximum atomic E-state index is 12.9. The first-order valence-electron chi connectivity index (χ1n) is 11.1. The molecule has 1 N–H and O–H groups in total. The average Bonchev–Trinajstić information content (AvgIpc) is 3.24. The molecule has 33 heavy (non-hydrogen) atoms. The highest BCUT2D eigenvalue weighted by molar-refractivity contribution is 6.30. The number of benzene rings is 2. The third-order valence-electron chi connectivity index (χ3n) is 6.80. The van der Waals surface area contributed by atoms with Crippen LogP contribution in [-0.2, 0) is 4.74 Å². The van der Waals surface area contributed by atoms with Gasteiger partial charge in [0.25, 0.3) is 5.91 Å². The first-order chi connectivity index (χ1) is 15.8. The predicted octanol–water partition coefficient (Wildman–Crippen LogP) is 4.36. The van der Waals surface area contributed by atoms with Gasteiger partial charge in [0.1, 0.15) is 17.1 Å². The number of carbonyl (C=O) groups excluding carboxylic acids is 2. The Labute approximate surface area is 196 Å². The Morgan fingerprint density at radius 3 is 2.52 bits per heavy atom. The van der Waals surface area contributed by atoms with Crippen molar-refractivity contribution >= 4 is 34.6 Å². The van der Waals surface area contributed by atoms with Gasteiger partial charge in [0.05, 0.1) is 0 Å². The van der Waals surface area contributed by atoms with Gasteiger partial charge in [-0.15, -0.1) is 0 Å². The lowest BCUT2D eigenvalue weighted by molar-refractivity contribution is -0.0340. The fraction of sp³-hybridized carbons (Fsp3) is 0.417. The number of aryl methyl sites for hydroxylation is 1. The minimum Gasteiger partial charge on any atom is -0.442 e. The van der Waals surface area contributed by atoms with Crippen LogP contribution in [0.25, 0.3) is 11.0 Å². The molecule has 0 radical (unpaired) electrons. The van der Waals surface area contributed by atoms with Crippen molar-refractivity contribution in [1.29, 1.82) is 0 Å². The molecule has 2 saturated heterocycles. The molecule has 1 aromatic heterocycles. The van der Waals surface area contributed by atoms with Gasteiger partial charge >= 0.3 is 6.09 Å². The van der Waals surface area contributed by atoms with Gasteiger partial charge in [-0.1, -0.05) is 17.7 Å². The Balaban J connectivity index is 1.13. The van der Waals surface area contributed by atoms with Gasteiger partial charge in [-0.3, -0.25) is 4.79 Å². The van der Waals surface area contributed by atoms with Crippen LogP contribution in [-0.4, -0.2) is 63.4 Å². The van der Waals surface area contributed by atoms with Crippen molar-refractivity contribution in [1.82, 2.24) is 25.2 Å². The molecule has 8 nitrogen and oxygen atoms in total. The van der Waals surface area contributed by atoms with E-state index < -0.39 is 0 Å². The Bertz CT molecular complexity index is 1190. The van der Waals surface area contributed by atoms with Crippen molar-refractivity contribution in [2.45, 2.75) is 32.8 Å². The number of carbonyl (C=O) groups is 2. The molecule has 1 unspecified atom stereocenters. The van der Waals surface area contributed by atoms with Gasteiger partial charge in [0, 0.05) is 42.2 Å². The smallest absolute Gasteiger partial charge is 0.410 e. The predicted molar refractivity (Wildman–Crippen MR) is 124 cm³/mol. The van der Waals surface area contributed by atoms with Gasteiger partial charge in [-0.2, -0.15) is 15.4 Å². The lowest BCUT2D eigenvalue weighted by Gasteiger charge is -2.53. The highest BCUT2D eigenvalue weighted by Crippen LogP contribution is 2.41. The number of hydrogen-bond donors (Lipinski definition) is 1. The number of fused-ring (bicyclic) bond motifs is 1.